The zero-order chi connectivity index (χ0) is 13.2. The molecule has 0 bridgehead atoms. The van der Waals surface area contributed by atoms with Gasteiger partial charge in [-0.25, -0.2) is 0 Å². The van der Waals surface area contributed by atoms with Crippen LogP contribution in [0.15, 0.2) is 48.5 Å². The number of hydrogen-bond acceptors (Lipinski definition) is 1. The van der Waals surface area contributed by atoms with Crippen LogP contribution in [0.1, 0.15) is 12.5 Å². The van der Waals surface area contributed by atoms with Crippen molar-refractivity contribution in [2.24, 2.45) is 0 Å². The Kier molecular flexibility index (Phi) is 3.00. The molecule has 96 valence electrons. The molecule has 2 heteroatoms. The molecule has 0 fully saturated rings. The Morgan fingerprint density at radius 2 is 1.84 bits per heavy atom. The smallest absolute Gasteiger partial charge is 0.124 e. The quantitative estimate of drug-likeness (QED) is 0.726. The van der Waals surface area contributed by atoms with Crippen molar-refractivity contribution in [3.8, 4) is 17.0 Å². The predicted molar refractivity (Wildman–Crippen MR) is 79.6 cm³/mol. The van der Waals surface area contributed by atoms with Gasteiger partial charge in [0.25, 0.3) is 0 Å². The maximum atomic E-state index is 5.64. The van der Waals surface area contributed by atoms with Gasteiger partial charge in [0.2, 0.25) is 0 Å². The number of H-pyrrole nitrogens is 1. The number of aromatic nitrogens is 1. The Balaban J connectivity index is 2.11. The SMILES string of the molecule is CCOc1cc2[nH]c(-c3ccccc3)cc2cc1C. The molecule has 1 N–H and O–H groups in total. The van der Waals surface area contributed by atoms with Gasteiger partial charge < -0.3 is 9.72 Å². The fourth-order valence-corrected chi connectivity index (χ4v) is 2.36. The van der Waals surface area contributed by atoms with Crippen LogP contribution in [-0.2, 0) is 0 Å². The lowest BCUT2D eigenvalue weighted by Crippen LogP contribution is -1.93. The molecule has 0 aliphatic rings. The molecule has 1 aromatic heterocycles. The predicted octanol–water partition coefficient (Wildman–Crippen LogP) is 4.54. The normalized spacial score (nSPS) is 10.8. The molecule has 0 saturated heterocycles. The average Bonchev–Trinajstić information content (AvgIpc) is 2.83. The van der Waals surface area contributed by atoms with E-state index in [2.05, 4.69) is 54.4 Å². The van der Waals surface area contributed by atoms with Gasteiger partial charge in [-0.05, 0) is 37.1 Å². The lowest BCUT2D eigenvalue weighted by Gasteiger charge is -2.06. The molecule has 0 saturated carbocycles. The number of hydrogen-bond donors (Lipinski definition) is 1. The van der Waals surface area contributed by atoms with Crippen LogP contribution in [0.2, 0.25) is 0 Å². The van der Waals surface area contributed by atoms with Crippen molar-refractivity contribution in [2.45, 2.75) is 13.8 Å². The maximum Gasteiger partial charge on any atom is 0.124 e. The molecule has 0 aliphatic carbocycles. The van der Waals surface area contributed by atoms with Crippen molar-refractivity contribution in [3.05, 3.63) is 54.1 Å². The van der Waals surface area contributed by atoms with Crippen molar-refractivity contribution >= 4 is 10.9 Å². The summed E-state index contributed by atoms with van der Waals surface area (Å²) in [4.78, 5) is 3.46. The topological polar surface area (TPSA) is 25.0 Å². The zero-order valence-electron chi connectivity index (χ0n) is 11.2. The lowest BCUT2D eigenvalue weighted by molar-refractivity contribution is 0.338. The van der Waals surface area contributed by atoms with E-state index < -0.39 is 0 Å². The molecule has 0 unspecified atom stereocenters. The second kappa shape index (κ2) is 4.81. The number of aromatic amines is 1. The number of ether oxygens (including phenoxy) is 1. The van der Waals surface area contributed by atoms with Crippen LogP contribution in [0.3, 0.4) is 0 Å². The third-order valence-corrected chi connectivity index (χ3v) is 3.30. The van der Waals surface area contributed by atoms with Crippen LogP contribution in [-0.4, -0.2) is 11.6 Å². The van der Waals surface area contributed by atoms with Crippen LogP contribution in [0.4, 0.5) is 0 Å². The molecule has 0 radical (unpaired) electrons. The van der Waals surface area contributed by atoms with Gasteiger partial charge in [0, 0.05) is 22.7 Å². The van der Waals surface area contributed by atoms with Gasteiger partial charge in [-0.2, -0.15) is 0 Å². The molecular weight excluding hydrogens is 234 g/mol. The van der Waals surface area contributed by atoms with Gasteiger partial charge in [-0.15, -0.1) is 0 Å². The molecule has 0 atom stereocenters. The lowest BCUT2D eigenvalue weighted by atomic mass is 10.1. The van der Waals surface area contributed by atoms with Crippen LogP contribution < -0.4 is 4.74 Å². The first-order valence-electron chi connectivity index (χ1n) is 6.59. The second-order valence-electron chi connectivity index (χ2n) is 4.69. The summed E-state index contributed by atoms with van der Waals surface area (Å²) in [6.45, 7) is 4.78. The molecule has 2 nitrogen and oxygen atoms in total. The van der Waals surface area contributed by atoms with E-state index >= 15 is 0 Å². The summed E-state index contributed by atoms with van der Waals surface area (Å²) >= 11 is 0. The van der Waals surface area contributed by atoms with Crippen LogP contribution in [0.5, 0.6) is 5.75 Å². The maximum absolute atomic E-state index is 5.64. The van der Waals surface area contributed by atoms with E-state index in [0.717, 1.165) is 17.0 Å². The third-order valence-electron chi connectivity index (χ3n) is 3.30. The van der Waals surface area contributed by atoms with Gasteiger partial charge in [0.15, 0.2) is 0 Å². The van der Waals surface area contributed by atoms with E-state index in [1.165, 1.54) is 16.5 Å². The number of aryl methyl sites for hydroxylation is 1. The summed E-state index contributed by atoms with van der Waals surface area (Å²) in [7, 11) is 0. The first-order valence-corrected chi connectivity index (χ1v) is 6.59. The highest BCUT2D eigenvalue weighted by atomic mass is 16.5. The van der Waals surface area contributed by atoms with Crippen molar-refractivity contribution in [3.63, 3.8) is 0 Å². The van der Waals surface area contributed by atoms with Crippen molar-refractivity contribution in [2.75, 3.05) is 6.61 Å². The van der Waals surface area contributed by atoms with E-state index in [-0.39, 0.29) is 0 Å². The minimum Gasteiger partial charge on any atom is -0.494 e. The Hall–Kier alpha value is -2.22. The van der Waals surface area contributed by atoms with Gasteiger partial charge in [0.1, 0.15) is 5.75 Å². The Morgan fingerprint density at radius 1 is 1.05 bits per heavy atom. The highest BCUT2D eigenvalue weighted by Gasteiger charge is 2.06. The van der Waals surface area contributed by atoms with Gasteiger partial charge in [-0.1, -0.05) is 30.3 Å². The highest BCUT2D eigenvalue weighted by molar-refractivity contribution is 5.87. The van der Waals surface area contributed by atoms with Crippen LogP contribution >= 0.6 is 0 Å². The molecule has 1 heterocycles. The number of rotatable bonds is 3. The minimum absolute atomic E-state index is 0.693. The largest absolute Gasteiger partial charge is 0.494 e. The molecule has 19 heavy (non-hydrogen) atoms. The first kappa shape index (κ1) is 11.8. The second-order valence-corrected chi connectivity index (χ2v) is 4.69. The van der Waals surface area contributed by atoms with Crippen LogP contribution in [0, 0.1) is 6.92 Å². The summed E-state index contributed by atoms with van der Waals surface area (Å²) in [5.74, 6) is 0.955. The zero-order valence-corrected chi connectivity index (χ0v) is 11.2. The average molecular weight is 251 g/mol. The number of benzene rings is 2. The third kappa shape index (κ3) is 2.22. The van der Waals surface area contributed by atoms with Crippen molar-refractivity contribution in [1.29, 1.82) is 0 Å². The van der Waals surface area contributed by atoms with Crippen molar-refractivity contribution in [1.82, 2.24) is 4.98 Å². The highest BCUT2D eigenvalue weighted by Crippen LogP contribution is 2.29. The summed E-state index contributed by atoms with van der Waals surface area (Å²) in [6.07, 6.45) is 0. The molecule has 2 aromatic carbocycles. The van der Waals surface area contributed by atoms with E-state index in [0.29, 0.717) is 6.61 Å². The summed E-state index contributed by atoms with van der Waals surface area (Å²) in [5, 5.41) is 1.22. The van der Waals surface area contributed by atoms with E-state index in [9.17, 15) is 0 Å². The van der Waals surface area contributed by atoms with Crippen molar-refractivity contribution < 1.29 is 4.74 Å². The van der Waals surface area contributed by atoms with Gasteiger partial charge in [0.05, 0.1) is 6.61 Å². The summed E-state index contributed by atoms with van der Waals surface area (Å²) < 4.78 is 5.64. The fraction of sp³-hybridized carbons (Fsp3) is 0.176. The Labute approximate surface area is 113 Å². The molecule has 3 rings (SSSR count). The molecular formula is C17H17NO. The molecule has 0 amide bonds. The minimum atomic E-state index is 0.693. The fourth-order valence-electron chi connectivity index (χ4n) is 2.36. The monoisotopic (exact) mass is 251 g/mol. The molecule has 0 aliphatic heterocycles. The molecule has 0 spiro atoms. The summed E-state index contributed by atoms with van der Waals surface area (Å²) in [5.41, 5.74) is 4.64. The van der Waals surface area contributed by atoms with E-state index in [1.54, 1.807) is 0 Å². The van der Waals surface area contributed by atoms with E-state index in [1.807, 2.05) is 13.0 Å². The van der Waals surface area contributed by atoms with Crippen LogP contribution in [0.25, 0.3) is 22.2 Å². The summed E-state index contributed by atoms with van der Waals surface area (Å²) in [6, 6.07) is 16.8. The number of nitrogens with one attached hydrogen (secondary N) is 1. The Morgan fingerprint density at radius 3 is 2.58 bits per heavy atom. The van der Waals surface area contributed by atoms with E-state index in [4.69, 9.17) is 4.74 Å². The molecule has 3 aromatic rings. The van der Waals surface area contributed by atoms with Gasteiger partial charge in [-0.3, -0.25) is 0 Å². The van der Waals surface area contributed by atoms with Gasteiger partial charge >= 0.3 is 0 Å². The Bertz CT molecular complexity index is 698. The standard InChI is InChI=1S/C17H17NO/c1-3-19-17-11-16-14(9-12(17)2)10-15(18-16)13-7-5-4-6-8-13/h4-11,18H,3H2,1-2H3. The first-order chi connectivity index (χ1) is 9.28. The number of fused-ring (bicyclic) bond motifs is 1.